The van der Waals surface area contributed by atoms with Gasteiger partial charge in [0.05, 0.1) is 5.60 Å². The quantitative estimate of drug-likeness (QED) is 0.736. The van der Waals surface area contributed by atoms with Crippen LogP contribution in [0.15, 0.2) is 0 Å². The van der Waals surface area contributed by atoms with Gasteiger partial charge in [0.15, 0.2) is 0 Å². The van der Waals surface area contributed by atoms with E-state index in [1.165, 1.54) is 25.7 Å². The first kappa shape index (κ1) is 17.0. The lowest BCUT2D eigenvalue weighted by atomic mass is 9.72. The molecule has 1 rings (SSSR count). The van der Waals surface area contributed by atoms with Gasteiger partial charge in [0.25, 0.3) is 0 Å². The third-order valence-electron chi connectivity index (χ3n) is 3.85. The van der Waals surface area contributed by atoms with Gasteiger partial charge in [-0.25, -0.2) is 0 Å². The summed E-state index contributed by atoms with van der Waals surface area (Å²) in [5, 5.41) is 9.82. The van der Waals surface area contributed by atoms with Crippen LogP contribution in [0.2, 0.25) is 0 Å². The van der Waals surface area contributed by atoms with Crippen molar-refractivity contribution in [2.24, 2.45) is 17.3 Å². The average molecular weight is 242 g/mol. The zero-order valence-electron chi connectivity index (χ0n) is 13.1. The number of hydrogen-bond donors (Lipinski definition) is 1. The van der Waals surface area contributed by atoms with E-state index in [0.717, 1.165) is 12.3 Å². The van der Waals surface area contributed by atoms with E-state index in [-0.39, 0.29) is 0 Å². The molecule has 104 valence electrons. The highest BCUT2D eigenvalue weighted by Crippen LogP contribution is 2.47. The summed E-state index contributed by atoms with van der Waals surface area (Å²) < 4.78 is 0. The minimum Gasteiger partial charge on any atom is -0.390 e. The van der Waals surface area contributed by atoms with Gasteiger partial charge in [0, 0.05) is 0 Å². The van der Waals surface area contributed by atoms with E-state index < -0.39 is 5.60 Å². The standard InChI is InChI=1S/C13H26O.C3H8/c1-10(9-13(4,5)14)11-7-6-8-12(11,2)3;1-3-2/h10-11,14H,6-9H2,1-5H3;3H2,1-2H3. The van der Waals surface area contributed by atoms with E-state index >= 15 is 0 Å². The number of rotatable bonds is 3. The van der Waals surface area contributed by atoms with Crippen LogP contribution in [0.4, 0.5) is 0 Å². The average Bonchev–Trinajstić information content (AvgIpc) is 2.43. The maximum atomic E-state index is 9.82. The van der Waals surface area contributed by atoms with Crippen LogP contribution in [0.5, 0.6) is 0 Å². The molecule has 1 N–H and O–H groups in total. The topological polar surface area (TPSA) is 20.2 Å². The summed E-state index contributed by atoms with van der Waals surface area (Å²) >= 11 is 0. The van der Waals surface area contributed by atoms with E-state index in [9.17, 15) is 5.11 Å². The summed E-state index contributed by atoms with van der Waals surface area (Å²) in [5.41, 5.74) is -0.0112. The van der Waals surface area contributed by atoms with Crippen molar-refractivity contribution < 1.29 is 5.11 Å². The molecule has 0 saturated heterocycles. The fourth-order valence-electron chi connectivity index (χ4n) is 3.34. The van der Waals surface area contributed by atoms with Crippen molar-refractivity contribution in [2.75, 3.05) is 0 Å². The molecule has 1 aliphatic rings. The van der Waals surface area contributed by atoms with Crippen molar-refractivity contribution in [1.82, 2.24) is 0 Å². The van der Waals surface area contributed by atoms with E-state index in [1.54, 1.807) is 0 Å². The second-order valence-corrected chi connectivity index (χ2v) is 7.19. The third kappa shape index (κ3) is 6.45. The van der Waals surface area contributed by atoms with Crippen molar-refractivity contribution in [3.05, 3.63) is 0 Å². The molecule has 1 aliphatic carbocycles. The Morgan fingerprint density at radius 2 is 1.76 bits per heavy atom. The maximum Gasteiger partial charge on any atom is 0.0594 e. The molecular formula is C16H34O. The predicted molar refractivity (Wildman–Crippen MR) is 77.2 cm³/mol. The van der Waals surface area contributed by atoms with Crippen molar-refractivity contribution in [3.8, 4) is 0 Å². The van der Waals surface area contributed by atoms with Crippen LogP contribution in [0, 0.1) is 17.3 Å². The Morgan fingerprint density at radius 3 is 2.06 bits per heavy atom. The van der Waals surface area contributed by atoms with Gasteiger partial charge in [-0.1, -0.05) is 47.5 Å². The summed E-state index contributed by atoms with van der Waals surface area (Å²) in [7, 11) is 0. The van der Waals surface area contributed by atoms with Crippen LogP contribution in [0.25, 0.3) is 0 Å². The summed E-state index contributed by atoms with van der Waals surface area (Å²) in [6.07, 6.45) is 6.26. The van der Waals surface area contributed by atoms with Crippen LogP contribution in [0.1, 0.15) is 80.6 Å². The Labute approximate surface area is 109 Å². The Morgan fingerprint density at radius 1 is 1.29 bits per heavy atom. The predicted octanol–water partition coefficient (Wildman–Crippen LogP) is 5.03. The van der Waals surface area contributed by atoms with Gasteiger partial charge in [-0.3, -0.25) is 0 Å². The van der Waals surface area contributed by atoms with Gasteiger partial charge in [-0.2, -0.15) is 0 Å². The molecule has 0 bridgehead atoms. The zero-order valence-corrected chi connectivity index (χ0v) is 13.1. The molecule has 0 aliphatic heterocycles. The molecule has 1 nitrogen and oxygen atoms in total. The molecule has 1 saturated carbocycles. The van der Waals surface area contributed by atoms with E-state index in [4.69, 9.17) is 0 Å². The molecule has 1 heteroatoms. The van der Waals surface area contributed by atoms with Crippen LogP contribution in [0.3, 0.4) is 0 Å². The Bertz CT molecular complexity index is 200. The fourth-order valence-corrected chi connectivity index (χ4v) is 3.34. The molecule has 0 aromatic rings. The second kappa shape index (κ2) is 6.78. The summed E-state index contributed by atoms with van der Waals surface area (Å²) in [4.78, 5) is 0. The smallest absolute Gasteiger partial charge is 0.0594 e. The molecule has 0 amide bonds. The van der Waals surface area contributed by atoms with E-state index in [1.807, 2.05) is 13.8 Å². The normalized spacial score (nSPS) is 25.1. The van der Waals surface area contributed by atoms with E-state index in [0.29, 0.717) is 11.3 Å². The molecule has 1 fully saturated rings. The van der Waals surface area contributed by atoms with Crippen molar-refractivity contribution >= 4 is 0 Å². The summed E-state index contributed by atoms with van der Waals surface area (Å²) in [6, 6.07) is 0. The molecule has 2 atom stereocenters. The van der Waals surface area contributed by atoms with Crippen molar-refractivity contribution in [1.29, 1.82) is 0 Å². The molecule has 0 spiro atoms. The second-order valence-electron chi connectivity index (χ2n) is 7.19. The monoisotopic (exact) mass is 242 g/mol. The first-order valence-corrected chi connectivity index (χ1v) is 7.36. The van der Waals surface area contributed by atoms with E-state index in [2.05, 4.69) is 34.6 Å². The molecule has 17 heavy (non-hydrogen) atoms. The Balaban J connectivity index is 0.000000770. The molecule has 0 aromatic heterocycles. The SMILES string of the molecule is CC(CC(C)(C)O)C1CCCC1(C)C.CCC. The minimum absolute atomic E-state index is 0.491. The number of hydrogen-bond acceptors (Lipinski definition) is 1. The third-order valence-corrected chi connectivity index (χ3v) is 3.85. The van der Waals surface area contributed by atoms with Crippen LogP contribution in [-0.4, -0.2) is 10.7 Å². The maximum absolute atomic E-state index is 9.82. The molecular weight excluding hydrogens is 208 g/mol. The molecule has 2 unspecified atom stereocenters. The van der Waals surface area contributed by atoms with Crippen LogP contribution in [-0.2, 0) is 0 Å². The minimum atomic E-state index is -0.502. The van der Waals surface area contributed by atoms with Gasteiger partial charge >= 0.3 is 0 Å². The molecule has 0 aromatic carbocycles. The van der Waals surface area contributed by atoms with Crippen molar-refractivity contribution in [2.45, 2.75) is 86.2 Å². The highest BCUT2D eigenvalue weighted by molar-refractivity contribution is 4.89. The summed E-state index contributed by atoms with van der Waals surface area (Å²) in [6.45, 7) is 15.2. The Kier molecular flexibility index (Phi) is 6.76. The van der Waals surface area contributed by atoms with Gasteiger partial charge in [-0.15, -0.1) is 0 Å². The molecule has 0 heterocycles. The first-order valence-electron chi connectivity index (χ1n) is 7.36. The lowest BCUT2D eigenvalue weighted by molar-refractivity contribution is 0.0325. The van der Waals surface area contributed by atoms with Crippen molar-refractivity contribution in [3.63, 3.8) is 0 Å². The van der Waals surface area contributed by atoms with Gasteiger partial charge < -0.3 is 5.11 Å². The lowest BCUT2D eigenvalue weighted by Crippen LogP contribution is -2.30. The molecule has 0 radical (unpaired) electrons. The summed E-state index contributed by atoms with van der Waals surface area (Å²) in [5.74, 6) is 1.45. The van der Waals surface area contributed by atoms with Gasteiger partial charge in [-0.05, 0) is 50.4 Å². The highest BCUT2D eigenvalue weighted by Gasteiger charge is 2.38. The van der Waals surface area contributed by atoms with Crippen LogP contribution < -0.4 is 0 Å². The van der Waals surface area contributed by atoms with Gasteiger partial charge in [0.2, 0.25) is 0 Å². The van der Waals surface area contributed by atoms with Gasteiger partial charge in [0.1, 0.15) is 0 Å². The largest absolute Gasteiger partial charge is 0.390 e. The highest BCUT2D eigenvalue weighted by atomic mass is 16.3. The zero-order chi connectivity index (χ0) is 13.7. The number of aliphatic hydroxyl groups is 1. The Hall–Kier alpha value is -0.0400. The van der Waals surface area contributed by atoms with Crippen LogP contribution >= 0.6 is 0 Å². The fraction of sp³-hybridized carbons (Fsp3) is 1.00. The first-order chi connectivity index (χ1) is 7.64. The lowest BCUT2D eigenvalue weighted by Gasteiger charge is -2.35.